The van der Waals surface area contributed by atoms with Crippen LogP contribution < -0.4 is 5.32 Å². The molecule has 5 nitrogen and oxygen atoms in total. The summed E-state index contributed by atoms with van der Waals surface area (Å²) in [4.78, 5) is 13.6. The summed E-state index contributed by atoms with van der Waals surface area (Å²) in [6.45, 7) is 0. The summed E-state index contributed by atoms with van der Waals surface area (Å²) in [7, 11) is 1.61. The van der Waals surface area contributed by atoms with Gasteiger partial charge in [-0.1, -0.05) is 11.6 Å². The van der Waals surface area contributed by atoms with Crippen LogP contribution in [0.2, 0.25) is 5.15 Å². The Labute approximate surface area is 73.5 Å². The fraction of sp³-hybridized carbons (Fsp3) is 0.167. The fourth-order valence-electron chi connectivity index (χ4n) is 0.717. The Morgan fingerprint density at radius 2 is 2.33 bits per heavy atom. The third kappa shape index (κ3) is 1.82. The fourth-order valence-corrected chi connectivity index (χ4v) is 0.920. The summed E-state index contributed by atoms with van der Waals surface area (Å²) in [5.41, 5.74) is -0.0700. The number of hydrogen-bond donors (Lipinski definition) is 1. The molecular formula is C6H6ClN3O2. The van der Waals surface area contributed by atoms with Crippen LogP contribution in [0.25, 0.3) is 0 Å². The average Bonchev–Trinajstić information content (AvgIpc) is 2.03. The highest BCUT2D eigenvalue weighted by molar-refractivity contribution is 6.29. The van der Waals surface area contributed by atoms with Crippen molar-refractivity contribution in [2.24, 2.45) is 0 Å². The van der Waals surface area contributed by atoms with Crippen molar-refractivity contribution in [3.8, 4) is 0 Å². The van der Waals surface area contributed by atoms with E-state index in [1.165, 1.54) is 12.1 Å². The maximum atomic E-state index is 10.3. The highest BCUT2D eigenvalue weighted by atomic mass is 35.5. The molecule has 1 rings (SSSR count). The lowest BCUT2D eigenvalue weighted by Gasteiger charge is -1.98. The molecule has 0 aliphatic heterocycles. The van der Waals surface area contributed by atoms with E-state index < -0.39 is 4.92 Å². The number of nitrogens with zero attached hydrogens (tertiary/aromatic N) is 2. The van der Waals surface area contributed by atoms with Crippen LogP contribution in [-0.2, 0) is 0 Å². The van der Waals surface area contributed by atoms with Gasteiger partial charge in [0, 0.05) is 7.05 Å². The zero-order valence-electron chi connectivity index (χ0n) is 6.24. The number of aromatic nitrogens is 1. The highest BCUT2D eigenvalue weighted by Gasteiger charge is 2.08. The molecule has 1 aromatic rings. The Morgan fingerprint density at radius 3 is 2.83 bits per heavy atom. The summed E-state index contributed by atoms with van der Waals surface area (Å²) in [6.07, 6.45) is 0. The van der Waals surface area contributed by atoms with Crippen LogP contribution >= 0.6 is 11.6 Å². The minimum atomic E-state index is -0.519. The van der Waals surface area contributed by atoms with E-state index in [9.17, 15) is 10.1 Å². The maximum Gasteiger partial charge on any atom is 0.276 e. The van der Waals surface area contributed by atoms with E-state index in [0.29, 0.717) is 5.82 Å². The van der Waals surface area contributed by atoms with Gasteiger partial charge in [-0.15, -0.1) is 0 Å². The number of anilines is 1. The van der Waals surface area contributed by atoms with E-state index in [0.717, 1.165) is 0 Å². The first-order valence-corrected chi connectivity index (χ1v) is 3.51. The molecule has 6 heteroatoms. The average molecular weight is 188 g/mol. The van der Waals surface area contributed by atoms with Crippen LogP contribution in [0.1, 0.15) is 0 Å². The largest absolute Gasteiger partial charge is 0.373 e. The molecule has 0 aliphatic rings. The molecule has 0 bridgehead atoms. The second-order valence-corrected chi connectivity index (χ2v) is 2.43. The van der Waals surface area contributed by atoms with Gasteiger partial charge in [-0.25, -0.2) is 4.98 Å². The van der Waals surface area contributed by atoms with Gasteiger partial charge in [-0.3, -0.25) is 10.1 Å². The summed E-state index contributed by atoms with van der Waals surface area (Å²) in [6, 6.07) is 2.51. The summed E-state index contributed by atoms with van der Waals surface area (Å²) in [5, 5.41) is 13.1. The molecule has 0 saturated heterocycles. The maximum absolute atomic E-state index is 10.3. The predicted octanol–water partition coefficient (Wildman–Crippen LogP) is 1.68. The molecule has 1 heterocycles. The van der Waals surface area contributed by atoms with Crippen molar-refractivity contribution >= 4 is 23.1 Å². The quantitative estimate of drug-likeness (QED) is 0.435. The van der Waals surface area contributed by atoms with Crippen molar-refractivity contribution in [3.63, 3.8) is 0 Å². The Hall–Kier alpha value is -1.36. The van der Waals surface area contributed by atoms with Crippen molar-refractivity contribution in [1.29, 1.82) is 0 Å². The van der Waals surface area contributed by atoms with Gasteiger partial charge in [0.2, 0.25) is 0 Å². The van der Waals surface area contributed by atoms with Crippen LogP contribution in [-0.4, -0.2) is 17.0 Å². The van der Waals surface area contributed by atoms with Gasteiger partial charge >= 0.3 is 0 Å². The second kappa shape index (κ2) is 3.36. The lowest BCUT2D eigenvalue weighted by Crippen LogP contribution is -1.95. The number of hydrogen-bond acceptors (Lipinski definition) is 4. The molecule has 64 valence electrons. The summed E-state index contributed by atoms with van der Waals surface area (Å²) in [5.74, 6) is 0.384. The standard InChI is InChI=1S/C6H6ClN3O2/c1-8-6-3-4(10(11)12)2-5(7)9-6/h2-3H,1H3,(H,8,9). The topological polar surface area (TPSA) is 68.1 Å². The highest BCUT2D eigenvalue weighted by Crippen LogP contribution is 2.19. The van der Waals surface area contributed by atoms with Gasteiger partial charge in [0.15, 0.2) is 0 Å². The van der Waals surface area contributed by atoms with Crippen LogP contribution in [0.5, 0.6) is 0 Å². The Kier molecular flexibility index (Phi) is 2.44. The van der Waals surface area contributed by atoms with Crippen molar-refractivity contribution in [2.45, 2.75) is 0 Å². The number of pyridine rings is 1. The molecule has 0 unspecified atom stereocenters. The molecule has 0 aromatic carbocycles. The molecule has 1 N–H and O–H groups in total. The molecular weight excluding hydrogens is 182 g/mol. The zero-order valence-corrected chi connectivity index (χ0v) is 7.00. The van der Waals surface area contributed by atoms with E-state index in [-0.39, 0.29) is 10.8 Å². The lowest BCUT2D eigenvalue weighted by atomic mass is 10.4. The van der Waals surface area contributed by atoms with E-state index in [4.69, 9.17) is 11.6 Å². The number of nitrogens with one attached hydrogen (secondary N) is 1. The van der Waals surface area contributed by atoms with Gasteiger partial charge in [0.1, 0.15) is 11.0 Å². The zero-order chi connectivity index (χ0) is 9.14. The molecule has 0 atom stereocenters. The Balaban J connectivity index is 3.15. The van der Waals surface area contributed by atoms with Gasteiger partial charge in [-0.2, -0.15) is 0 Å². The van der Waals surface area contributed by atoms with Crippen molar-refractivity contribution in [3.05, 3.63) is 27.4 Å². The van der Waals surface area contributed by atoms with E-state index in [2.05, 4.69) is 10.3 Å². The van der Waals surface area contributed by atoms with Crippen molar-refractivity contribution in [2.75, 3.05) is 12.4 Å². The molecule has 0 saturated carbocycles. The Bertz CT molecular complexity index is 316. The molecule has 0 radical (unpaired) electrons. The first-order chi connectivity index (χ1) is 5.63. The third-order valence-corrected chi connectivity index (χ3v) is 1.44. The van der Waals surface area contributed by atoms with Crippen molar-refractivity contribution in [1.82, 2.24) is 4.98 Å². The normalized spacial score (nSPS) is 9.50. The Morgan fingerprint density at radius 1 is 1.67 bits per heavy atom. The summed E-state index contributed by atoms with van der Waals surface area (Å²) >= 11 is 5.52. The molecule has 0 spiro atoms. The van der Waals surface area contributed by atoms with Crippen molar-refractivity contribution < 1.29 is 4.92 Å². The molecule has 0 fully saturated rings. The first kappa shape index (κ1) is 8.73. The van der Waals surface area contributed by atoms with Crippen LogP contribution in [0.15, 0.2) is 12.1 Å². The van der Waals surface area contributed by atoms with Gasteiger partial charge < -0.3 is 5.32 Å². The first-order valence-electron chi connectivity index (χ1n) is 3.13. The smallest absolute Gasteiger partial charge is 0.276 e. The molecule has 0 aliphatic carbocycles. The van der Waals surface area contributed by atoms with Crippen LogP contribution in [0, 0.1) is 10.1 Å². The van der Waals surface area contributed by atoms with Gasteiger partial charge in [0.05, 0.1) is 17.1 Å². The minimum Gasteiger partial charge on any atom is -0.373 e. The SMILES string of the molecule is CNc1cc([N+](=O)[O-])cc(Cl)n1. The van der Waals surface area contributed by atoms with E-state index >= 15 is 0 Å². The minimum absolute atomic E-state index is 0.0700. The van der Waals surface area contributed by atoms with Gasteiger partial charge in [-0.05, 0) is 0 Å². The lowest BCUT2D eigenvalue weighted by molar-refractivity contribution is -0.384. The third-order valence-electron chi connectivity index (χ3n) is 1.25. The number of nitro groups is 1. The van der Waals surface area contributed by atoms with Gasteiger partial charge in [0.25, 0.3) is 5.69 Å². The van der Waals surface area contributed by atoms with Crippen LogP contribution in [0.4, 0.5) is 11.5 Å². The monoisotopic (exact) mass is 187 g/mol. The molecule has 12 heavy (non-hydrogen) atoms. The molecule has 1 aromatic heterocycles. The molecule has 0 amide bonds. The number of rotatable bonds is 2. The predicted molar refractivity (Wildman–Crippen MR) is 45.4 cm³/mol. The van der Waals surface area contributed by atoms with E-state index in [1.807, 2.05) is 0 Å². The number of halogens is 1. The summed E-state index contributed by atoms with van der Waals surface area (Å²) < 4.78 is 0. The van der Waals surface area contributed by atoms with E-state index in [1.54, 1.807) is 7.05 Å². The second-order valence-electron chi connectivity index (χ2n) is 2.04. The van der Waals surface area contributed by atoms with Crippen LogP contribution in [0.3, 0.4) is 0 Å².